The molecule has 0 fully saturated rings. The molecule has 1 aliphatic heterocycles. The maximum Gasteiger partial charge on any atom is 0.151 e. The first-order chi connectivity index (χ1) is 23.3. The van der Waals surface area contributed by atoms with Crippen molar-refractivity contribution in [1.29, 1.82) is 0 Å². The Kier molecular flexibility index (Phi) is 5.67. The van der Waals surface area contributed by atoms with Gasteiger partial charge < -0.3 is 9.64 Å². The number of ether oxygens (including phenoxy) is 1. The van der Waals surface area contributed by atoms with E-state index in [0.717, 1.165) is 28.6 Å². The van der Waals surface area contributed by atoms with Gasteiger partial charge in [0.25, 0.3) is 0 Å². The fourth-order valence-electron chi connectivity index (χ4n) is 8.00. The van der Waals surface area contributed by atoms with E-state index in [4.69, 9.17) is 4.74 Å². The van der Waals surface area contributed by atoms with Gasteiger partial charge in [-0.1, -0.05) is 133 Å². The summed E-state index contributed by atoms with van der Waals surface area (Å²) in [6.45, 7) is 0. The number of anilines is 3. The third-order valence-corrected chi connectivity index (χ3v) is 9.94. The second kappa shape index (κ2) is 10.2. The molecule has 10 rings (SSSR count). The molecular formula is C45H29NO. The van der Waals surface area contributed by atoms with Gasteiger partial charge in [0.15, 0.2) is 11.5 Å². The monoisotopic (exact) mass is 599 g/mol. The Bertz CT molecular complexity index is 2260. The van der Waals surface area contributed by atoms with Crippen molar-refractivity contribution in [3.05, 3.63) is 198 Å². The van der Waals surface area contributed by atoms with Crippen molar-refractivity contribution < 1.29 is 4.74 Å². The second-order valence-electron chi connectivity index (χ2n) is 12.4. The van der Waals surface area contributed by atoms with Crippen molar-refractivity contribution in [1.82, 2.24) is 0 Å². The Hall–Kier alpha value is -6.12. The van der Waals surface area contributed by atoms with Gasteiger partial charge in [-0.25, -0.2) is 0 Å². The van der Waals surface area contributed by atoms with E-state index < -0.39 is 0 Å². The largest absolute Gasteiger partial charge is 0.453 e. The van der Waals surface area contributed by atoms with Crippen LogP contribution in [0, 0.1) is 0 Å². The first kappa shape index (κ1) is 26.1. The Morgan fingerprint density at radius 2 is 0.830 bits per heavy atom. The molecule has 0 saturated heterocycles. The highest BCUT2D eigenvalue weighted by Gasteiger charge is 2.36. The van der Waals surface area contributed by atoms with E-state index in [1.807, 2.05) is 24.3 Å². The fourth-order valence-corrected chi connectivity index (χ4v) is 8.00. The predicted molar refractivity (Wildman–Crippen MR) is 193 cm³/mol. The van der Waals surface area contributed by atoms with Crippen LogP contribution >= 0.6 is 0 Å². The molecule has 7 aromatic carbocycles. The molecule has 7 aromatic rings. The van der Waals surface area contributed by atoms with Gasteiger partial charge in [-0.15, -0.1) is 0 Å². The van der Waals surface area contributed by atoms with Crippen LogP contribution in [0.1, 0.15) is 33.7 Å². The molecule has 0 bridgehead atoms. The molecule has 0 atom stereocenters. The molecule has 47 heavy (non-hydrogen) atoms. The maximum atomic E-state index is 6.31. The van der Waals surface area contributed by atoms with E-state index in [9.17, 15) is 0 Å². The van der Waals surface area contributed by atoms with Crippen molar-refractivity contribution in [2.75, 3.05) is 4.90 Å². The Morgan fingerprint density at radius 1 is 0.404 bits per heavy atom. The number of rotatable bonds is 3. The summed E-state index contributed by atoms with van der Waals surface area (Å²) in [7, 11) is 0. The van der Waals surface area contributed by atoms with Gasteiger partial charge in [0.1, 0.15) is 0 Å². The van der Waals surface area contributed by atoms with Crippen molar-refractivity contribution in [2.45, 2.75) is 5.92 Å². The molecule has 0 N–H and O–H groups in total. The number of nitrogens with zero attached hydrogens (tertiary/aromatic N) is 1. The maximum absolute atomic E-state index is 6.31. The third-order valence-electron chi connectivity index (χ3n) is 9.94. The quantitative estimate of drug-likeness (QED) is 0.200. The van der Waals surface area contributed by atoms with Crippen molar-refractivity contribution in [3.63, 3.8) is 0 Å². The average molecular weight is 600 g/mol. The van der Waals surface area contributed by atoms with E-state index in [1.54, 1.807) is 0 Å². The van der Waals surface area contributed by atoms with Crippen LogP contribution in [0.4, 0.5) is 17.1 Å². The molecular weight excluding hydrogens is 571 g/mol. The van der Waals surface area contributed by atoms with Gasteiger partial charge in [0, 0.05) is 11.6 Å². The minimum absolute atomic E-state index is 0.0901. The molecule has 0 aromatic heterocycles. The summed E-state index contributed by atoms with van der Waals surface area (Å²) in [5.41, 5.74) is 17.6. The number of hydrogen-bond donors (Lipinski definition) is 0. The average Bonchev–Trinajstić information content (AvgIpc) is 3.65. The lowest BCUT2D eigenvalue weighted by Gasteiger charge is -2.33. The zero-order valence-corrected chi connectivity index (χ0v) is 25.6. The van der Waals surface area contributed by atoms with Crippen LogP contribution in [0.5, 0.6) is 11.5 Å². The van der Waals surface area contributed by atoms with Gasteiger partial charge in [-0.3, -0.25) is 0 Å². The summed E-state index contributed by atoms with van der Waals surface area (Å²) in [6, 6.07) is 61.5. The number of allylic oxidation sites excluding steroid dienone is 1. The minimum atomic E-state index is 0.0901. The molecule has 2 nitrogen and oxygen atoms in total. The third kappa shape index (κ3) is 3.85. The Balaban J connectivity index is 1.23. The summed E-state index contributed by atoms with van der Waals surface area (Å²) in [6.07, 6.45) is 0. The lowest BCUT2D eigenvalue weighted by molar-refractivity contribution is 0.477. The number of hydrogen-bond acceptors (Lipinski definition) is 2. The standard InChI is InChI=1S/C45H29NO/c1-5-17-35-31(13-1)32-14-2-6-18-36(32)44(35)43(45-37-19-7-3-15-33(37)34-16-4-8-20-38(34)45)29-25-27-30(28-26-29)46-39-21-9-11-23-41(39)47-42-24-12-10-22-40(42)46/h1-28,44H. The molecule has 0 amide bonds. The van der Waals surface area contributed by atoms with Crippen molar-refractivity contribution >= 4 is 28.2 Å². The molecule has 1 heterocycles. The minimum Gasteiger partial charge on any atom is -0.453 e. The van der Waals surface area contributed by atoms with Crippen molar-refractivity contribution in [2.24, 2.45) is 0 Å². The Labute approximate surface area is 274 Å². The molecule has 220 valence electrons. The van der Waals surface area contributed by atoms with E-state index in [2.05, 4.69) is 150 Å². The van der Waals surface area contributed by atoms with E-state index in [-0.39, 0.29) is 5.92 Å². The first-order valence-electron chi connectivity index (χ1n) is 16.2. The molecule has 2 aliphatic carbocycles. The zero-order valence-electron chi connectivity index (χ0n) is 25.6. The molecule has 0 spiro atoms. The van der Waals surface area contributed by atoms with E-state index in [1.165, 1.54) is 61.2 Å². The van der Waals surface area contributed by atoms with Gasteiger partial charge >= 0.3 is 0 Å². The van der Waals surface area contributed by atoms with Crippen LogP contribution < -0.4 is 9.64 Å². The van der Waals surface area contributed by atoms with Crippen LogP contribution in [-0.2, 0) is 0 Å². The fraction of sp³-hybridized carbons (Fsp3) is 0.0222. The molecule has 0 saturated carbocycles. The van der Waals surface area contributed by atoms with Crippen molar-refractivity contribution in [3.8, 4) is 33.8 Å². The van der Waals surface area contributed by atoms with Gasteiger partial charge in [0.2, 0.25) is 0 Å². The number of para-hydroxylation sites is 4. The summed E-state index contributed by atoms with van der Waals surface area (Å²) in [4.78, 5) is 2.31. The molecule has 0 unspecified atom stereocenters. The lowest BCUT2D eigenvalue weighted by atomic mass is 9.79. The highest BCUT2D eigenvalue weighted by Crippen LogP contribution is 2.57. The number of fused-ring (bicyclic) bond motifs is 8. The van der Waals surface area contributed by atoms with Gasteiger partial charge in [-0.05, 0) is 97.6 Å². The van der Waals surface area contributed by atoms with Crippen LogP contribution in [0.3, 0.4) is 0 Å². The summed E-state index contributed by atoms with van der Waals surface area (Å²) in [5.74, 6) is 1.81. The summed E-state index contributed by atoms with van der Waals surface area (Å²) < 4.78 is 6.31. The molecule has 3 aliphatic rings. The summed E-state index contributed by atoms with van der Waals surface area (Å²) >= 11 is 0. The van der Waals surface area contributed by atoms with E-state index in [0.29, 0.717) is 0 Å². The van der Waals surface area contributed by atoms with Gasteiger partial charge in [0.05, 0.1) is 11.4 Å². The number of benzene rings is 7. The van der Waals surface area contributed by atoms with E-state index >= 15 is 0 Å². The first-order valence-corrected chi connectivity index (χ1v) is 16.2. The lowest BCUT2D eigenvalue weighted by Crippen LogP contribution is -2.15. The zero-order chi connectivity index (χ0) is 30.9. The SMILES string of the molecule is c1ccc2c(c1)Oc1ccccc1N2c1ccc(C(=C2c3ccccc3-c3ccccc32)C2c3ccccc3-c3ccccc32)cc1. The highest BCUT2D eigenvalue weighted by atomic mass is 16.5. The molecule has 0 radical (unpaired) electrons. The molecule has 2 heteroatoms. The topological polar surface area (TPSA) is 12.5 Å². The van der Waals surface area contributed by atoms with Crippen LogP contribution in [0.2, 0.25) is 0 Å². The van der Waals surface area contributed by atoms with Crippen LogP contribution in [0.15, 0.2) is 170 Å². The smallest absolute Gasteiger partial charge is 0.151 e. The Morgan fingerprint density at radius 3 is 1.36 bits per heavy atom. The van der Waals surface area contributed by atoms with Gasteiger partial charge in [-0.2, -0.15) is 0 Å². The highest BCUT2D eigenvalue weighted by molar-refractivity contribution is 6.13. The van der Waals surface area contributed by atoms with Crippen LogP contribution in [0.25, 0.3) is 33.4 Å². The summed E-state index contributed by atoms with van der Waals surface area (Å²) in [5, 5.41) is 0. The van der Waals surface area contributed by atoms with Crippen LogP contribution in [-0.4, -0.2) is 0 Å². The normalized spacial score (nSPS) is 13.5. The second-order valence-corrected chi connectivity index (χ2v) is 12.4. The predicted octanol–water partition coefficient (Wildman–Crippen LogP) is 12.0.